The average molecular weight is 352 g/mol. The summed E-state index contributed by atoms with van der Waals surface area (Å²) in [5.74, 6) is 5.76. The molecule has 1 unspecified atom stereocenters. The number of aromatic nitrogens is 3. The minimum atomic E-state index is -0.0398. The Morgan fingerprint density at radius 2 is 2.14 bits per heavy atom. The first-order valence-corrected chi connectivity index (χ1v) is 7.86. The SMILES string of the molecule is CCc1nn(C)c(CC(NN)c2ncc(C)cc2C)c1Br. The van der Waals surface area contributed by atoms with E-state index in [1.807, 2.05) is 24.9 Å². The quantitative estimate of drug-likeness (QED) is 0.641. The van der Waals surface area contributed by atoms with Crippen LogP contribution in [0.2, 0.25) is 0 Å². The fraction of sp³-hybridized carbons (Fsp3) is 0.467. The van der Waals surface area contributed by atoms with E-state index in [0.717, 1.165) is 45.5 Å². The molecule has 2 heterocycles. The lowest BCUT2D eigenvalue weighted by Gasteiger charge is -2.18. The van der Waals surface area contributed by atoms with Crippen molar-refractivity contribution in [1.82, 2.24) is 20.2 Å². The molecule has 5 nitrogen and oxygen atoms in total. The maximum absolute atomic E-state index is 5.76. The number of halogens is 1. The summed E-state index contributed by atoms with van der Waals surface area (Å²) < 4.78 is 2.98. The third-order valence-corrected chi connectivity index (χ3v) is 4.60. The van der Waals surface area contributed by atoms with E-state index in [4.69, 9.17) is 5.84 Å². The van der Waals surface area contributed by atoms with Crippen molar-refractivity contribution in [3.8, 4) is 0 Å². The summed E-state index contributed by atoms with van der Waals surface area (Å²) in [7, 11) is 1.96. The van der Waals surface area contributed by atoms with E-state index in [2.05, 4.69) is 51.4 Å². The van der Waals surface area contributed by atoms with E-state index >= 15 is 0 Å². The smallest absolute Gasteiger partial charge is 0.0766 e. The molecule has 0 spiro atoms. The average Bonchev–Trinajstić information content (AvgIpc) is 2.72. The predicted molar refractivity (Wildman–Crippen MR) is 87.8 cm³/mol. The summed E-state index contributed by atoms with van der Waals surface area (Å²) in [5.41, 5.74) is 8.35. The monoisotopic (exact) mass is 351 g/mol. The molecule has 0 bridgehead atoms. The Kier molecular flexibility index (Phi) is 5.13. The number of aryl methyl sites for hydroxylation is 4. The molecule has 3 N–H and O–H groups in total. The van der Waals surface area contributed by atoms with Crippen molar-refractivity contribution in [3.05, 3.63) is 44.9 Å². The summed E-state index contributed by atoms with van der Waals surface area (Å²) in [6, 6.07) is 2.09. The fourth-order valence-electron chi connectivity index (χ4n) is 2.56. The molecule has 0 aliphatic carbocycles. The van der Waals surface area contributed by atoms with Crippen LogP contribution in [0.1, 0.15) is 41.2 Å². The van der Waals surface area contributed by atoms with Crippen molar-refractivity contribution in [1.29, 1.82) is 0 Å². The number of hydrogen-bond acceptors (Lipinski definition) is 4. The number of nitrogens with two attached hydrogens (primary N) is 1. The van der Waals surface area contributed by atoms with Gasteiger partial charge in [-0.15, -0.1) is 0 Å². The molecular weight excluding hydrogens is 330 g/mol. The Hall–Kier alpha value is -1.24. The van der Waals surface area contributed by atoms with Gasteiger partial charge in [0.05, 0.1) is 27.6 Å². The van der Waals surface area contributed by atoms with Gasteiger partial charge in [-0.05, 0) is 47.3 Å². The highest BCUT2D eigenvalue weighted by molar-refractivity contribution is 9.10. The second-order valence-electron chi connectivity index (χ2n) is 5.32. The highest BCUT2D eigenvalue weighted by atomic mass is 79.9. The number of hydrogen-bond donors (Lipinski definition) is 2. The van der Waals surface area contributed by atoms with Crippen LogP contribution in [-0.2, 0) is 19.9 Å². The fourth-order valence-corrected chi connectivity index (χ4v) is 3.34. The zero-order valence-corrected chi connectivity index (χ0v) is 14.5. The van der Waals surface area contributed by atoms with Gasteiger partial charge >= 0.3 is 0 Å². The van der Waals surface area contributed by atoms with Crippen molar-refractivity contribution in [2.45, 2.75) is 39.7 Å². The van der Waals surface area contributed by atoms with Crippen LogP contribution in [0.25, 0.3) is 0 Å². The van der Waals surface area contributed by atoms with Gasteiger partial charge in [-0.3, -0.25) is 20.9 Å². The Morgan fingerprint density at radius 3 is 2.67 bits per heavy atom. The van der Waals surface area contributed by atoms with E-state index in [-0.39, 0.29) is 6.04 Å². The Morgan fingerprint density at radius 1 is 1.43 bits per heavy atom. The minimum absolute atomic E-state index is 0.0398. The predicted octanol–water partition coefficient (Wildman–Crippen LogP) is 2.50. The lowest BCUT2D eigenvalue weighted by atomic mass is 10.0. The van der Waals surface area contributed by atoms with E-state index in [9.17, 15) is 0 Å². The molecule has 0 aromatic carbocycles. The van der Waals surface area contributed by atoms with Crippen LogP contribution >= 0.6 is 15.9 Å². The Labute approximate surface area is 134 Å². The Bertz CT molecular complexity index is 635. The molecule has 2 aromatic heterocycles. The van der Waals surface area contributed by atoms with E-state index in [0.29, 0.717) is 0 Å². The van der Waals surface area contributed by atoms with Crippen molar-refractivity contribution in [3.63, 3.8) is 0 Å². The zero-order valence-electron chi connectivity index (χ0n) is 12.9. The standard InChI is InChI=1S/C15H22BrN5/c1-5-11-14(16)13(21(4)20-11)7-12(19-17)15-10(3)6-9(2)8-18-15/h6,8,12,19H,5,7,17H2,1-4H3. The van der Waals surface area contributed by atoms with Gasteiger partial charge in [0.2, 0.25) is 0 Å². The second-order valence-corrected chi connectivity index (χ2v) is 6.12. The second kappa shape index (κ2) is 6.68. The first kappa shape index (κ1) is 16.1. The maximum atomic E-state index is 5.76. The number of hydrazine groups is 1. The molecule has 0 saturated carbocycles. The topological polar surface area (TPSA) is 68.8 Å². The molecule has 1 atom stereocenters. The molecule has 0 aliphatic heterocycles. The molecule has 0 saturated heterocycles. The van der Waals surface area contributed by atoms with Gasteiger partial charge in [0.1, 0.15) is 0 Å². The lowest BCUT2D eigenvalue weighted by molar-refractivity contribution is 0.515. The van der Waals surface area contributed by atoms with Gasteiger partial charge in [0, 0.05) is 19.7 Å². The van der Waals surface area contributed by atoms with Gasteiger partial charge in [0.25, 0.3) is 0 Å². The third-order valence-electron chi connectivity index (χ3n) is 3.69. The molecule has 21 heavy (non-hydrogen) atoms. The van der Waals surface area contributed by atoms with Crippen LogP contribution in [0.5, 0.6) is 0 Å². The van der Waals surface area contributed by atoms with Crippen molar-refractivity contribution >= 4 is 15.9 Å². The lowest BCUT2D eigenvalue weighted by Crippen LogP contribution is -2.31. The van der Waals surface area contributed by atoms with Crippen LogP contribution in [0, 0.1) is 13.8 Å². The largest absolute Gasteiger partial charge is 0.271 e. The maximum Gasteiger partial charge on any atom is 0.0766 e. The Balaban J connectivity index is 2.33. The molecule has 2 aromatic rings. The molecule has 0 fully saturated rings. The number of nitrogens with zero attached hydrogens (tertiary/aromatic N) is 3. The molecule has 0 radical (unpaired) electrons. The van der Waals surface area contributed by atoms with Gasteiger partial charge in [0.15, 0.2) is 0 Å². The van der Waals surface area contributed by atoms with Crippen LogP contribution in [-0.4, -0.2) is 14.8 Å². The normalized spacial score (nSPS) is 12.7. The highest BCUT2D eigenvalue weighted by Crippen LogP contribution is 2.27. The van der Waals surface area contributed by atoms with E-state index < -0.39 is 0 Å². The minimum Gasteiger partial charge on any atom is -0.271 e. The molecule has 2 rings (SSSR count). The molecular formula is C15H22BrN5. The van der Waals surface area contributed by atoms with Crippen molar-refractivity contribution < 1.29 is 0 Å². The number of rotatable bonds is 5. The zero-order chi connectivity index (χ0) is 15.6. The molecule has 6 heteroatoms. The highest BCUT2D eigenvalue weighted by Gasteiger charge is 2.20. The van der Waals surface area contributed by atoms with Crippen molar-refractivity contribution in [2.24, 2.45) is 12.9 Å². The summed E-state index contributed by atoms with van der Waals surface area (Å²) >= 11 is 3.65. The van der Waals surface area contributed by atoms with Gasteiger partial charge < -0.3 is 0 Å². The first-order chi connectivity index (χ1) is 9.97. The number of pyridine rings is 1. The summed E-state index contributed by atoms with van der Waals surface area (Å²) in [6.45, 7) is 6.20. The van der Waals surface area contributed by atoms with Crippen LogP contribution in [0.15, 0.2) is 16.7 Å². The number of nitrogens with one attached hydrogen (secondary N) is 1. The summed E-state index contributed by atoms with van der Waals surface area (Å²) in [5, 5.41) is 4.53. The van der Waals surface area contributed by atoms with Crippen LogP contribution in [0.3, 0.4) is 0 Å². The summed E-state index contributed by atoms with van der Waals surface area (Å²) in [6.07, 6.45) is 3.51. The van der Waals surface area contributed by atoms with E-state index in [1.54, 1.807) is 0 Å². The summed E-state index contributed by atoms with van der Waals surface area (Å²) in [4.78, 5) is 4.54. The van der Waals surface area contributed by atoms with Crippen molar-refractivity contribution in [2.75, 3.05) is 0 Å². The van der Waals surface area contributed by atoms with Gasteiger partial charge in [-0.1, -0.05) is 13.0 Å². The van der Waals surface area contributed by atoms with Gasteiger partial charge in [-0.2, -0.15) is 5.10 Å². The van der Waals surface area contributed by atoms with Crippen LogP contribution in [0.4, 0.5) is 0 Å². The molecule has 0 aliphatic rings. The van der Waals surface area contributed by atoms with E-state index in [1.165, 1.54) is 0 Å². The molecule has 114 valence electrons. The molecule has 0 amide bonds. The first-order valence-electron chi connectivity index (χ1n) is 7.07. The van der Waals surface area contributed by atoms with Gasteiger partial charge in [-0.25, -0.2) is 0 Å². The van der Waals surface area contributed by atoms with Crippen LogP contribution < -0.4 is 11.3 Å². The third kappa shape index (κ3) is 3.33.